The molecule has 2 fully saturated rings. The van der Waals surface area contributed by atoms with Crippen LogP contribution in [0, 0.1) is 23.1 Å². The molecular weight excluding hydrogens is 293 g/mol. The molecule has 0 aromatic heterocycles. The number of amides is 1. The highest BCUT2D eigenvalue weighted by atomic mass is 19.1. The highest BCUT2D eigenvalue weighted by Gasteiger charge is 2.44. The van der Waals surface area contributed by atoms with Gasteiger partial charge in [0.2, 0.25) is 0 Å². The van der Waals surface area contributed by atoms with Crippen molar-refractivity contribution in [2.45, 2.75) is 50.7 Å². The standard InChI is InChI=1S/C18H22FN3O/c1-18(12-20,14-4-5-14)21-17(23)11-22(16-8-9-16)10-13-2-6-15(19)7-3-13/h2-3,6-7,14,16H,4-5,8-11H2,1H3,(H,21,23)/p+1/t18-/m1/s1. The minimum absolute atomic E-state index is 0.0649. The summed E-state index contributed by atoms with van der Waals surface area (Å²) >= 11 is 0. The van der Waals surface area contributed by atoms with Crippen LogP contribution < -0.4 is 10.2 Å². The van der Waals surface area contributed by atoms with Gasteiger partial charge in [-0.2, -0.15) is 5.26 Å². The minimum Gasteiger partial charge on any atom is -0.333 e. The van der Waals surface area contributed by atoms with E-state index in [1.54, 1.807) is 12.1 Å². The Morgan fingerprint density at radius 2 is 2.00 bits per heavy atom. The molecule has 2 aliphatic rings. The number of nitrogens with one attached hydrogen (secondary N) is 2. The summed E-state index contributed by atoms with van der Waals surface area (Å²) in [6.45, 7) is 2.90. The molecule has 0 aliphatic heterocycles. The Kier molecular flexibility index (Phi) is 4.36. The molecule has 0 radical (unpaired) electrons. The smallest absolute Gasteiger partial charge is 0.276 e. The highest BCUT2D eigenvalue weighted by molar-refractivity contribution is 5.78. The van der Waals surface area contributed by atoms with E-state index in [0.29, 0.717) is 19.1 Å². The van der Waals surface area contributed by atoms with Gasteiger partial charge in [0, 0.05) is 18.4 Å². The van der Waals surface area contributed by atoms with Crippen molar-refractivity contribution in [2.75, 3.05) is 6.54 Å². The van der Waals surface area contributed by atoms with Gasteiger partial charge in [0.15, 0.2) is 6.54 Å². The Hall–Kier alpha value is -1.93. The van der Waals surface area contributed by atoms with Crippen molar-refractivity contribution >= 4 is 5.91 Å². The fourth-order valence-corrected chi connectivity index (χ4v) is 3.13. The van der Waals surface area contributed by atoms with Crippen LogP contribution in [0.3, 0.4) is 0 Å². The lowest BCUT2D eigenvalue weighted by Gasteiger charge is -2.25. The topological polar surface area (TPSA) is 57.3 Å². The van der Waals surface area contributed by atoms with Crippen LogP contribution in [0.5, 0.6) is 0 Å². The number of halogens is 1. The average molecular weight is 316 g/mol. The zero-order chi connectivity index (χ0) is 16.4. The molecule has 0 bridgehead atoms. The number of nitrogens with zero attached hydrogens (tertiary/aromatic N) is 1. The molecule has 0 spiro atoms. The maximum absolute atomic E-state index is 13.0. The zero-order valence-electron chi connectivity index (χ0n) is 13.4. The van der Waals surface area contributed by atoms with Crippen molar-refractivity contribution in [1.29, 1.82) is 5.26 Å². The van der Waals surface area contributed by atoms with E-state index in [1.807, 2.05) is 6.92 Å². The molecule has 0 heterocycles. The van der Waals surface area contributed by atoms with E-state index in [2.05, 4.69) is 11.4 Å². The van der Waals surface area contributed by atoms with Gasteiger partial charge in [-0.25, -0.2) is 4.39 Å². The van der Waals surface area contributed by atoms with E-state index < -0.39 is 5.54 Å². The summed E-state index contributed by atoms with van der Waals surface area (Å²) < 4.78 is 13.0. The van der Waals surface area contributed by atoms with E-state index in [0.717, 1.165) is 31.2 Å². The van der Waals surface area contributed by atoms with Gasteiger partial charge < -0.3 is 10.2 Å². The lowest BCUT2D eigenvalue weighted by Crippen LogP contribution is -3.13. The summed E-state index contributed by atoms with van der Waals surface area (Å²) in [5.74, 6) is -0.0171. The van der Waals surface area contributed by atoms with Crippen LogP contribution in [0.1, 0.15) is 38.2 Å². The summed E-state index contributed by atoms with van der Waals surface area (Å²) in [4.78, 5) is 13.6. The first-order valence-corrected chi connectivity index (χ1v) is 8.31. The molecule has 3 rings (SSSR count). The van der Waals surface area contributed by atoms with E-state index in [-0.39, 0.29) is 17.6 Å². The van der Waals surface area contributed by atoms with Gasteiger partial charge in [-0.15, -0.1) is 0 Å². The Bertz CT molecular complexity index is 616. The second-order valence-corrected chi connectivity index (χ2v) is 7.05. The first kappa shape index (κ1) is 15.9. The number of quaternary nitrogens is 1. The van der Waals surface area contributed by atoms with Crippen LogP contribution in [0.25, 0.3) is 0 Å². The second-order valence-electron chi connectivity index (χ2n) is 7.05. The summed E-state index contributed by atoms with van der Waals surface area (Å²) in [6.07, 6.45) is 4.28. The predicted octanol–water partition coefficient (Wildman–Crippen LogP) is 1.18. The van der Waals surface area contributed by atoms with E-state index in [1.165, 1.54) is 17.0 Å². The number of rotatable bonds is 7. The number of nitriles is 1. The van der Waals surface area contributed by atoms with Crippen LogP contribution >= 0.6 is 0 Å². The van der Waals surface area contributed by atoms with Crippen molar-refractivity contribution in [3.8, 4) is 6.07 Å². The van der Waals surface area contributed by atoms with Crippen LogP contribution in [-0.4, -0.2) is 24.0 Å². The Labute approximate surface area is 136 Å². The SMILES string of the molecule is C[C@](C#N)(NC(=O)C[NH+](Cc1ccc(F)cc1)C1CC1)C1CC1. The quantitative estimate of drug-likeness (QED) is 0.794. The predicted molar refractivity (Wildman–Crippen MR) is 83.8 cm³/mol. The van der Waals surface area contributed by atoms with Gasteiger partial charge in [-0.3, -0.25) is 4.79 Å². The van der Waals surface area contributed by atoms with E-state index >= 15 is 0 Å². The Balaban J connectivity index is 1.60. The second kappa shape index (κ2) is 6.29. The largest absolute Gasteiger partial charge is 0.333 e. The first-order valence-electron chi connectivity index (χ1n) is 8.31. The summed E-state index contributed by atoms with van der Waals surface area (Å²) in [6, 6.07) is 9.23. The fourth-order valence-electron chi connectivity index (χ4n) is 3.13. The number of benzene rings is 1. The number of hydrogen-bond acceptors (Lipinski definition) is 2. The molecule has 1 amide bonds. The van der Waals surface area contributed by atoms with Crippen LogP contribution in [-0.2, 0) is 11.3 Å². The lowest BCUT2D eigenvalue weighted by molar-refractivity contribution is -0.917. The highest BCUT2D eigenvalue weighted by Crippen LogP contribution is 2.39. The zero-order valence-corrected chi connectivity index (χ0v) is 13.4. The van der Waals surface area contributed by atoms with E-state index in [4.69, 9.17) is 0 Å². The van der Waals surface area contributed by atoms with Crippen molar-refractivity contribution < 1.29 is 14.1 Å². The number of carbonyl (C=O) groups is 1. The minimum atomic E-state index is -0.735. The summed E-state index contributed by atoms with van der Waals surface area (Å²) in [7, 11) is 0. The van der Waals surface area contributed by atoms with Gasteiger partial charge in [0.1, 0.15) is 17.9 Å². The average Bonchev–Trinajstić information content (AvgIpc) is 3.41. The van der Waals surface area contributed by atoms with Crippen molar-refractivity contribution in [3.05, 3.63) is 35.6 Å². The lowest BCUT2D eigenvalue weighted by atomic mass is 9.98. The molecule has 4 nitrogen and oxygen atoms in total. The third kappa shape index (κ3) is 4.08. The molecule has 5 heteroatoms. The van der Waals surface area contributed by atoms with Crippen LogP contribution in [0.15, 0.2) is 24.3 Å². The van der Waals surface area contributed by atoms with Crippen LogP contribution in [0.2, 0.25) is 0 Å². The monoisotopic (exact) mass is 316 g/mol. The molecule has 2 saturated carbocycles. The van der Waals surface area contributed by atoms with Crippen LogP contribution in [0.4, 0.5) is 4.39 Å². The molecule has 1 unspecified atom stereocenters. The van der Waals surface area contributed by atoms with Gasteiger partial charge in [-0.05, 0) is 37.8 Å². The summed E-state index contributed by atoms with van der Waals surface area (Å²) in [5.41, 5.74) is 0.299. The maximum Gasteiger partial charge on any atom is 0.276 e. The normalized spacial score (nSPS) is 21.1. The van der Waals surface area contributed by atoms with Gasteiger partial charge in [-0.1, -0.05) is 12.1 Å². The molecule has 2 aliphatic carbocycles. The van der Waals surface area contributed by atoms with Gasteiger partial charge >= 0.3 is 0 Å². The molecule has 2 N–H and O–H groups in total. The molecular formula is C18H23FN3O+. The maximum atomic E-state index is 13.0. The van der Waals surface area contributed by atoms with Gasteiger partial charge in [0.25, 0.3) is 5.91 Å². The Morgan fingerprint density at radius 3 is 2.52 bits per heavy atom. The van der Waals surface area contributed by atoms with E-state index in [9.17, 15) is 14.4 Å². The molecule has 1 aromatic rings. The Morgan fingerprint density at radius 1 is 1.35 bits per heavy atom. The third-order valence-corrected chi connectivity index (χ3v) is 4.91. The summed E-state index contributed by atoms with van der Waals surface area (Å²) in [5, 5.41) is 12.3. The fraction of sp³-hybridized carbons (Fsp3) is 0.556. The molecule has 0 saturated heterocycles. The third-order valence-electron chi connectivity index (χ3n) is 4.91. The molecule has 122 valence electrons. The molecule has 1 aromatic carbocycles. The molecule has 23 heavy (non-hydrogen) atoms. The van der Waals surface area contributed by atoms with Crippen molar-refractivity contribution in [2.24, 2.45) is 5.92 Å². The first-order chi connectivity index (χ1) is 11.0. The number of carbonyl (C=O) groups excluding carboxylic acids is 1. The number of hydrogen-bond donors (Lipinski definition) is 2. The molecule has 2 atom stereocenters. The van der Waals surface area contributed by atoms with Gasteiger partial charge in [0.05, 0.1) is 12.1 Å². The van der Waals surface area contributed by atoms with Crippen molar-refractivity contribution in [3.63, 3.8) is 0 Å². The van der Waals surface area contributed by atoms with Crippen molar-refractivity contribution in [1.82, 2.24) is 5.32 Å².